The highest BCUT2D eigenvalue weighted by atomic mass is 32.1. The Balaban J connectivity index is 2.00. The topological polar surface area (TPSA) is 24.9 Å². The number of rotatable bonds is 4. The summed E-state index contributed by atoms with van der Waals surface area (Å²) in [7, 11) is 0. The summed E-state index contributed by atoms with van der Waals surface area (Å²) >= 11 is 3.52. The van der Waals surface area contributed by atoms with Crippen molar-refractivity contribution in [2.75, 3.05) is 0 Å². The van der Waals surface area contributed by atoms with E-state index in [9.17, 15) is 0 Å². The largest absolute Gasteiger partial charge is 0.301 e. The lowest BCUT2D eigenvalue weighted by molar-refractivity contribution is 0.498. The van der Waals surface area contributed by atoms with E-state index in [0.29, 0.717) is 12.1 Å². The molecule has 0 aromatic carbocycles. The van der Waals surface area contributed by atoms with Gasteiger partial charge in [-0.1, -0.05) is 6.07 Å². The third-order valence-electron chi connectivity index (χ3n) is 2.48. The van der Waals surface area contributed by atoms with Crippen LogP contribution in [0.4, 0.5) is 0 Å². The van der Waals surface area contributed by atoms with Crippen LogP contribution < -0.4 is 5.32 Å². The van der Waals surface area contributed by atoms with Crippen molar-refractivity contribution in [2.24, 2.45) is 0 Å². The average Bonchev–Trinajstić information content (AvgIpc) is 2.87. The highest BCUT2D eigenvalue weighted by molar-refractivity contribution is 7.10. The summed E-state index contributed by atoms with van der Waals surface area (Å²) in [6.45, 7) is 6.40. The van der Waals surface area contributed by atoms with Crippen LogP contribution in [0, 0.1) is 6.92 Å². The second kappa shape index (κ2) is 5.08. The number of nitrogens with zero attached hydrogens (tertiary/aromatic N) is 1. The minimum absolute atomic E-state index is 0.316. The summed E-state index contributed by atoms with van der Waals surface area (Å²) in [5.74, 6) is 0. The standard InChI is InChI=1S/C12H16N2S2/c1-8-7-16-12(13-8)10(3)14-9(2)11-5-4-6-15-11/h4-7,9-10,14H,1-3H3. The second-order valence-electron chi connectivity index (χ2n) is 3.95. The van der Waals surface area contributed by atoms with Crippen LogP contribution in [0.25, 0.3) is 0 Å². The van der Waals surface area contributed by atoms with Gasteiger partial charge in [-0.15, -0.1) is 22.7 Å². The molecule has 86 valence electrons. The van der Waals surface area contributed by atoms with Crippen LogP contribution in [0.15, 0.2) is 22.9 Å². The minimum Gasteiger partial charge on any atom is -0.301 e. The summed E-state index contributed by atoms with van der Waals surface area (Å²) in [6.07, 6.45) is 0. The van der Waals surface area contributed by atoms with Crippen molar-refractivity contribution in [3.05, 3.63) is 38.5 Å². The molecule has 0 aliphatic heterocycles. The van der Waals surface area contributed by atoms with Gasteiger partial charge in [0.2, 0.25) is 0 Å². The van der Waals surface area contributed by atoms with Crippen LogP contribution in [0.1, 0.15) is 41.5 Å². The summed E-state index contributed by atoms with van der Waals surface area (Å²) in [4.78, 5) is 5.88. The van der Waals surface area contributed by atoms with Crippen LogP contribution in [0.2, 0.25) is 0 Å². The van der Waals surface area contributed by atoms with E-state index in [-0.39, 0.29) is 0 Å². The van der Waals surface area contributed by atoms with Gasteiger partial charge in [-0.3, -0.25) is 0 Å². The van der Waals surface area contributed by atoms with E-state index in [1.54, 1.807) is 22.7 Å². The molecule has 0 saturated carbocycles. The molecule has 4 heteroatoms. The molecule has 2 aromatic rings. The van der Waals surface area contributed by atoms with E-state index in [1.165, 1.54) is 9.88 Å². The lowest BCUT2D eigenvalue weighted by Gasteiger charge is -2.17. The summed E-state index contributed by atoms with van der Waals surface area (Å²) in [5, 5.41) is 8.95. The summed E-state index contributed by atoms with van der Waals surface area (Å²) < 4.78 is 0. The number of hydrogen-bond donors (Lipinski definition) is 1. The van der Waals surface area contributed by atoms with Gasteiger partial charge in [-0.05, 0) is 32.2 Å². The third kappa shape index (κ3) is 2.70. The zero-order chi connectivity index (χ0) is 11.5. The van der Waals surface area contributed by atoms with Crippen LogP contribution in [0.3, 0.4) is 0 Å². The maximum absolute atomic E-state index is 4.50. The summed E-state index contributed by atoms with van der Waals surface area (Å²) in [6, 6.07) is 4.97. The zero-order valence-electron chi connectivity index (χ0n) is 9.73. The van der Waals surface area contributed by atoms with Gasteiger partial charge in [0.25, 0.3) is 0 Å². The lowest BCUT2D eigenvalue weighted by atomic mass is 10.2. The van der Waals surface area contributed by atoms with Crippen LogP contribution in [-0.2, 0) is 0 Å². The zero-order valence-corrected chi connectivity index (χ0v) is 11.4. The number of thiazole rings is 1. The lowest BCUT2D eigenvalue weighted by Crippen LogP contribution is -2.21. The van der Waals surface area contributed by atoms with Crippen molar-refractivity contribution in [1.82, 2.24) is 10.3 Å². The number of aromatic nitrogens is 1. The second-order valence-corrected chi connectivity index (χ2v) is 5.82. The first-order valence-corrected chi connectivity index (χ1v) is 7.14. The highest BCUT2D eigenvalue weighted by Crippen LogP contribution is 2.24. The maximum atomic E-state index is 4.50. The SMILES string of the molecule is Cc1csc(C(C)NC(C)c2cccs2)n1. The van der Waals surface area contributed by atoms with Crippen molar-refractivity contribution < 1.29 is 0 Å². The number of thiophene rings is 1. The fourth-order valence-electron chi connectivity index (χ4n) is 1.64. The Labute approximate surface area is 104 Å². The van der Waals surface area contributed by atoms with Crippen LogP contribution in [0.5, 0.6) is 0 Å². The number of nitrogens with one attached hydrogen (secondary N) is 1. The molecule has 0 bridgehead atoms. The molecule has 0 fully saturated rings. The Hall–Kier alpha value is -0.710. The predicted octanol–water partition coefficient (Wildman–Crippen LogP) is 3.92. The van der Waals surface area contributed by atoms with Gasteiger partial charge in [-0.2, -0.15) is 0 Å². The van der Waals surface area contributed by atoms with Gasteiger partial charge >= 0.3 is 0 Å². The van der Waals surface area contributed by atoms with E-state index in [4.69, 9.17) is 0 Å². The third-order valence-corrected chi connectivity index (χ3v) is 4.68. The van der Waals surface area contributed by atoms with Crippen molar-refractivity contribution in [3.8, 4) is 0 Å². The van der Waals surface area contributed by atoms with Gasteiger partial charge in [0.1, 0.15) is 5.01 Å². The van der Waals surface area contributed by atoms with Crippen molar-refractivity contribution in [1.29, 1.82) is 0 Å². The van der Waals surface area contributed by atoms with Gasteiger partial charge in [0.15, 0.2) is 0 Å². The molecular weight excluding hydrogens is 236 g/mol. The van der Waals surface area contributed by atoms with Gasteiger partial charge in [0, 0.05) is 22.0 Å². The molecule has 0 spiro atoms. The Morgan fingerprint density at radius 3 is 2.62 bits per heavy atom. The first-order valence-electron chi connectivity index (χ1n) is 5.38. The van der Waals surface area contributed by atoms with Crippen LogP contribution in [-0.4, -0.2) is 4.98 Å². The number of aryl methyl sites for hydroxylation is 1. The Morgan fingerprint density at radius 2 is 2.06 bits per heavy atom. The monoisotopic (exact) mass is 252 g/mol. The van der Waals surface area contributed by atoms with Crippen LogP contribution >= 0.6 is 22.7 Å². The Morgan fingerprint density at radius 1 is 1.25 bits per heavy atom. The van der Waals surface area contributed by atoms with E-state index in [2.05, 4.69) is 47.0 Å². The molecule has 0 amide bonds. The molecule has 0 saturated heterocycles. The molecule has 1 N–H and O–H groups in total. The van der Waals surface area contributed by atoms with E-state index < -0.39 is 0 Å². The minimum atomic E-state index is 0.316. The smallest absolute Gasteiger partial charge is 0.110 e. The molecule has 2 atom stereocenters. The molecule has 2 aromatic heterocycles. The van der Waals surface area contributed by atoms with Gasteiger partial charge in [0.05, 0.1) is 6.04 Å². The van der Waals surface area contributed by atoms with E-state index in [1.807, 2.05) is 6.92 Å². The molecule has 2 unspecified atom stereocenters. The maximum Gasteiger partial charge on any atom is 0.110 e. The van der Waals surface area contributed by atoms with Gasteiger partial charge in [-0.25, -0.2) is 4.98 Å². The molecule has 2 rings (SSSR count). The molecule has 0 aliphatic rings. The molecule has 0 radical (unpaired) electrons. The molecule has 2 nitrogen and oxygen atoms in total. The molecule has 16 heavy (non-hydrogen) atoms. The quantitative estimate of drug-likeness (QED) is 0.892. The fraction of sp³-hybridized carbons (Fsp3) is 0.417. The van der Waals surface area contributed by atoms with Crippen molar-refractivity contribution >= 4 is 22.7 Å². The van der Waals surface area contributed by atoms with Crippen molar-refractivity contribution in [2.45, 2.75) is 32.9 Å². The first kappa shape index (κ1) is 11.8. The predicted molar refractivity (Wildman–Crippen MR) is 71.1 cm³/mol. The fourth-order valence-corrected chi connectivity index (χ4v) is 3.19. The highest BCUT2D eigenvalue weighted by Gasteiger charge is 2.13. The first-order chi connectivity index (χ1) is 7.66. The number of hydrogen-bond acceptors (Lipinski definition) is 4. The molecule has 0 aliphatic carbocycles. The Bertz CT molecular complexity index is 434. The average molecular weight is 252 g/mol. The Kier molecular flexibility index (Phi) is 3.74. The normalized spacial score (nSPS) is 14.9. The van der Waals surface area contributed by atoms with Crippen molar-refractivity contribution in [3.63, 3.8) is 0 Å². The molecular formula is C12H16N2S2. The van der Waals surface area contributed by atoms with Gasteiger partial charge < -0.3 is 5.32 Å². The van der Waals surface area contributed by atoms with E-state index in [0.717, 1.165) is 5.69 Å². The van der Waals surface area contributed by atoms with E-state index >= 15 is 0 Å². The molecule has 2 heterocycles. The summed E-state index contributed by atoms with van der Waals surface area (Å²) in [5.41, 5.74) is 1.11.